The molecule has 2 aromatic rings. The molecule has 0 atom stereocenters. The van der Waals surface area contributed by atoms with E-state index in [4.69, 9.17) is 4.74 Å². The lowest BCUT2D eigenvalue weighted by atomic mass is 10.00. The van der Waals surface area contributed by atoms with Gasteiger partial charge in [0.1, 0.15) is 11.5 Å². The Hall–Kier alpha value is -2.28. The monoisotopic (exact) mass is 306 g/mol. The summed E-state index contributed by atoms with van der Waals surface area (Å²) in [5.41, 5.74) is 7.22. The Balaban J connectivity index is 2.51. The topological polar surface area (TPSA) is 9.23 Å². The normalized spacial score (nSPS) is 10.4. The number of aryl methyl sites for hydroxylation is 2. The molecule has 0 unspecified atom stereocenters. The van der Waals surface area contributed by atoms with Crippen molar-refractivity contribution in [3.05, 3.63) is 83.0 Å². The van der Waals surface area contributed by atoms with E-state index in [0.717, 1.165) is 35.5 Å². The average Bonchev–Trinajstić information content (AvgIpc) is 2.52. The van der Waals surface area contributed by atoms with Crippen molar-refractivity contribution < 1.29 is 4.74 Å². The van der Waals surface area contributed by atoms with Crippen molar-refractivity contribution in [2.75, 3.05) is 0 Å². The maximum atomic E-state index is 6.41. The van der Waals surface area contributed by atoms with Gasteiger partial charge in [0, 0.05) is 0 Å². The van der Waals surface area contributed by atoms with Gasteiger partial charge in [-0.05, 0) is 73.9 Å². The van der Waals surface area contributed by atoms with Crippen LogP contribution in [0.2, 0.25) is 0 Å². The van der Waals surface area contributed by atoms with Crippen molar-refractivity contribution in [1.82, 2.24) is 0 Å². The first kappa shape index (κ1) is 17.1. The first-order chi connectivity index (χ1) is 11.0. The molecule has 120 valence electrons. The molecule has 2 aromatic carbocycles. The Morgan fingerprint density at radius 3 is 1.48 bits per heavy atom. The lowest BCUT2D eigenvalue weighted by Crippen LogP contribution is -2.00. The SMILES string of the molecule is C=CCc1ccc(C)c(Oc2c(C)ccc(CC=C)c2C)c1C. The highest BCUT2D eigenvalue weighted by molar-refractivity contribution is 5.52. The molecule has 0 saturated heterocycles. The highest BCUT2D eigenvalue weighted by Gasteiger charge is 2.14. The van der Waals surface area contributed by atoms with Crippen molar-refractivity contribution in [2.45, 2.75) is 40.5 Å². The van der Waals surface area contributed by atoms with Gasteiger partial charge in [-0.15, -0.1) is 13.2 Å². The summed E-state index contributed by atoms with van der Waals surface area (Å²) in [4.78, 5) is 0. The molecule has 23 heavy (non-hydrogen) atoms. The number of hydrogen-bond donors (Lipinski definition) is 0. The van der Waals surface area contributed by atoms with Crippen LogP contribution in [-0.2, 0) is 12.8 Å². The summed E-state index contributed by atoms with van der Waals surface area (Å²) < 4.78 is 6.41. The van der Waals surface area contributed by atoms with Crippen LogP contribution in [0.25, 0.3) is 0 Å². The number of allylic oxidation sites excluding steroid dienone is 2. The van der Waals surface area contributed by atoms with Crippen LogP contribution in [0.4, 0.5) is 0 Å². The van der Waals surface area contributed by atoms with Crippen molar-refractivity contribution >= 4 is 0 Å². The van der Waals surface area contributed by atoms with Gasteiger partial charge in [-0.1, -0.05) is 36.4 Å². The first-order valence-corrected chi connectivity index (χ1v) is 8.07. The van der Waals surface area contributed by atoms with Crippen LogP contribution < -0.4 is 4.74 Å². The van der Waals surface area contributed by atoms with Crippen molar-refractivity contribution in [1.29, 1.82) is 0 Å². The third kappa shape index (κ3) is 3.56. The zero-order valence-corrected chi connectivity index (χ0v) is 14.7. The van der Waals surface area contributed by atoms with Gasteiger partial charge in [-0.3, -0.25) is 0 Å². The second-order valence-electron chi connectivity index (χ2n) is 6.08. The standard InChI is InChI=1S/C22H26O/c1-7-9-19-13-11-15(3)21(17(19)5)23-22-16(4)12-14-20(10-8-2)18(22)6/h7-8,11-14H,1-2,9-10H2,3-6H3. The molecule has 0 N–H and O–H groups in total. The Bertz CT molecular complexity index is 675. The molecule has 0 aliphatic heterocycles. The molecule has 0 radical (unpaired) electrons. The summed E-state index contributed by atoms with van der Waals surface area (Å²) in [6.07, 6.45) is 5.58. The van der Waals surface area contributed by atoms with E-state index in [1.807, 2.05) is 12.2 Å². The number of ether oxygens (including phenoxy) is 1. The predicted octanol–water partition coefficient (Wildman–Crippen LogP) is 6.17. The molecule has 0 bridgehead atoms. The maximum absolute atomic E-state index is 6.41. The molecular formula is C22H26O. The Morgan fingerprint density at radius 1 is 0.739 bits per heavy atom. The van der Waals surface area contributed by atoms with Crippen LogP contribution in [0.15, 0.2) is 49.6 Å². The van der Waals surface area contributed by atoms with E-state index in [2.05, 4.69) is 65.1 Å². The fourth-order valence-electron chi connectivity index (χ4n) is 2.91. The van der Waals surface area contributed by atoms with E-state index in [-0.39, 0.29) is 0 Å². The molecule has 0 aromatic heterocycles. The zero-order valence-electron chi connectivity index (χ0n) is 14.7. The maximum Gasteiger partial charge on any atom is 0.133 e. The second kappa shape index (κ2) is 7.32. The largest absolute Gasteiger partial charge is 0.456 e. The van der Waals surface area contributed by atoms with Gasteiger partial charge >= 0.3 is 0 Å². The van der Waals surface area contributed by atoms with Gasteiger partial charge < -0.3 is 4.74 Å². The predicted molar refractivity (Wildman–Crippen MR) is 99.7 cm³/mol. The molecule has 0 fully saturated rings. The Kier molecular flexibility index (Phi) is 5.44. The van der Waals surface area contributed by atoms with Gasteiger partial charge in [0.2, 0.25) is 0 Å². The minimum Gasteiger partial charge on any atom is -0.456 e. The summed E-state index contributed by atoms with van der Waals surface area (Å²) in [5.74, 6) is 1.93. The fourth-order valence-corrected chi connectivity index (χ4v) is 2.91. The highest BCUT2D eigenvalue weighted by atomic mass is 16.5. The van der Waals surface area contributed by atoms with E-state index < -0.39 is 0 Å². The zero-order chi connectivity index (χ0) is 17.0. The molecule has 1 nitrogen and oxygen atoms in total. The minimum atomic E-state index is 0.858. The third-order valence-electron chi connectivity index (χ3n) is 4.36. The molecular weight excluding hydrogens is 280 g/mol. The molecule has 2 rings (SSSR count). The summed E-state index contributed by atoms with van der Waals surface area (Å²) in [5, 5.41) is 0. The molecule has 1 heteroatoms. The van der Waals surface area contributed by atoms with Gasteiger partial charge in [-0.2, -0.15) is 0 Å². The van der Waals surface area contributed by atoms with E-state index in [0.29, 0.717) is 0 Å². The van der Waals surface area contributed by atoms with E-state index in [1.165, 1.54) is 22.3 Å². The smallest absolute Gasteiger partial charge is 0.133 e. The first-order valence-electron chi connectivity index (χ1n) is 8.07. The van der Waals surface area contributed by atoms with Gasteiger partial charge in [-0.25, -0.2) is 0 Å². The van der Waals surface area contributed by atoms with Crippen molar-refractivity contribution in [3.8, 4) is 11.5 Å². The second-order valence-corrected chi connectivity index (χ2v) is 6.08. The highest BCUT2D eigenvalue weighted by Crippen LogP contribution is 2.36. The average molecular weight is 306 g/mol. The Morgan fingerprint density at radius 2 is 1.13 bits per heavy atom. The molecule has 0 amide bonds. The summed E-state index contributed by atoms with van der Waals surface area (Å²) >= 11 is 0. The van der Waals surface area contributed by atoms with E-state index in [1.54, 1.807) is 0 Å². The molecule has 0 heterocycles. The number of benzene rings is 2. The van der Waals surface area contributed by atoms with Gasteiger partial charge in [0.25, 0.3) is 0 Å². The van der Waals surface area contributed by atoms with Crippen LogP contribution in [0.5, 0.6) is 11.5 Å². The van der Waals surface area contributed by atoms with Crippen LogP contribution >= 0.6 is 0 Å². The number of hydrogen-bond acceptors (Lipinski definition) is 1. The van der Waals surface area contributed by atoms with Gasteiger partial charge in [0.15, 0.2) is 0 Å². The molecule has 0 aliphatic carbocycles. The lowest BCUT2D eigenvalue weighted by molar-refractivity contribution is 0.466. The van der Waals surface area contributed by atoms with Crippen LogP contribution in [0.3, 0.4) is 0 Å². The van der Waals surface area contributed by atoms with Crippen molar-refractivity contribution in [2.24, 2.45) is 0 Å². The Labute approximate surface area is 140 Å². The lowest BCUT2D eigenvalue weighted by Gasteiger charge is -2.19. The van der Waals surface area contributed by atoms with Crippen molar-refractivity contribution in [3.63, 3.8) is 0 Å². The van der Waals surface area contributed by atoms with Gasteiger partial charge in [0.05, 0.1) is 0 Å². The molecule has 0 spiro atoms. The third-order valence-corrected chi connectivity index (χ3v) is 4.36. The molecule has 0 saturated carbocycles. The number of rotatable bonds is 6. The van der Waals surface area contributed by atoms with E-state index in [9.17, 15) is 0 Å². The van der Waals surface area contributed by atoms with Crippen LogP contribution in [-0.4, -0.2) is 0 Å². The summed E-state index contributed by atoms with van der Waals surface area (Å²) in [6.45, 7) is 16.1. The van der Waals surface area contributed by atoms with E-state index >= 15 is 0 Å². The minimum absolute atomic E-state index is 0.858. The van der Waals surface area contributed by atoms with Crippen LogP contribution in [0.1, 0.15) is 33.4 Å². The summed E-state index contributed by atoms with van der Waals surface area (Å²) in [7, 11) is 0. The fraction of sp³-hybridized carbons (Fsp3) is 0.273. The summed E-state index contributed by atoms with van der Waals surface area (Å²) in [6, 6.07) is 8.57. The molecule has 0 aliphatic rings. The quantitative estimate of drug-likeness (QED) is 0.580. The van der Waals surface area contributed by atoms with Crippen LogP contribution in [0, 0.1) is 27.7 Å².